The predicted octanol–water partition coefficient (Wildman–Crippen LogP) is 2.61. The number of Topliss-reactive ketones (excluding diaryl/α,β-unsaturated/α-hetero) is 1. The van der Waals surface area contributed by atoms with Crippen LogP contribution in [0.3, 0.4) is 0 Å². The SMILES string of the molecule is NC(=O)C1CCCN(CCCC(=O)c2ccc(Br)cc2)C1. The molecule has 1 atom stereocenters. The number of likely N-dealkylation sites (tertiary alicyclic amines) is 1. The Morgan fingerprint density at radius 1 is 1.29 bits per heavy atom. The van der Waals surface area contributed by atoms with Gasteiger partial charge >= 0.3 is 0 Å². The van der Waals surface area contributed by atoms with Crippen LogP contribution in [0.25, 0.3) is 0 Å². The summed E-state index contributed by atoms with van der Waals surface area (Å²) in [4.78, 5) is 25.5. The van der Waals surface area contributed by atoms with E-state index in [1.165, 1.54) is 0 Å². The standard InChI is InChI=1S/C16H21BrN2O2/c17-14-7-5-12(6-8-14)15(20)4-2-10-19-9-1-3-13(11-19)16(18)21/h5-8,13H,1-4,9-11H2,(H2,18,21). The fourth-order valence-corrected chi connectivity index (χ4v) is 3.00. The number of rotatable bonds is 6. The molecule has 1 amide bonds. The molecule has 1 aromatic carbocycles. The van der Waals surface area contributed by atoms with Crippen molar-refractivity contribution in [2.45, 2.75) is 25.7 Å². The molecule has 1 saturated heterocycles. The molecule has 4 nitrogen and oxygen atoms in total. The van der Waals surface area contributed by atoms with Crippen molar-refractivity contribution in [2.75, 3.05) is 19.6 Å². The van der Waals surface area contributed by atoms with Gasteiger partial charge in [0.2, 0.25) is 5.91 Å². The minimum absolute atomic E-state index is 0.0269. The van der Waals surface area contributed by atoms with Crippen LogP contribution in [0.5, 0.6) is 0 Å². The number of carbonyl (C=O) groups excluding carboxylic acids is 2. The molecule has 0 radical (unpaired) electrons. The van der Waals surface area contributed by atoms with Crippen LogP contribution in [0.2, 0.25) is 0 Å². The number of hydrogen-bond donors (Lipinski definition) is 1. The Hall–Kier alpha value is -1.20. The summed E-state index contributed by atoms with van der Waals surface area (Å²) < 4.78 is 0.977. The zero-order valence-electron chi connectivity index (χ0n) is 12.1. The van der Waals surface area contributed by atoms with Gasteiger partial charge in [0.15, 0.2) is 5.78 Å². The molecule has 1 unspecified atom stereocenters. The summed E-state index contributed by atoms with van der Waals surface area (Å²) in [6.45, 7) is 2.59. The Bertz CT molecular complexity index is 502. The maximum atomic E-state index is 12.1. The first-order valence-corrected chi connectivity index (χ1v) is 8.16. The molecule has 1 heterocycles. The zero-order valence-corrected chi connectivity index (χ0v) is 13.6. The number of nitrogens with two attached hydrogens (primary N) is 1. The largest absolute Gasteiger partial charge is 0.369 e. The third-order valence-corrected chi connectivity index (χ3v) is 4.48. The lowest BCUT2D eigenvalue weighted by Gasteiger charge is -2.30. The molecule has 1 aliphatic heterocycles. The van der Waals surface area contributed by atoms with Crippen molar-refractivity contribution in [3.63, 3.8) is 0 Å². The number of benzene rings is 1. The number of hydrogen-bond acceptors (Lipinski definition) is 3. The molecule has 0 saturated carbocycles. The Balaban J connectivity index is 1.75. The van der Waals surface area contributed by atoms with Gasteiger partial charge in [-0.25, -0.2) is 0 Å². The van der Waals surface area contributed by atoms with E-state index in [9.17, 15) is 9.59 Å². The fourth-order valence-electron chi connectivity index (χ4n) is 2.73. The van der Waals surface area contributed by atoms with Crippen LogP contribution in [0, 0.1) is 5.92 Å². The maximum absolute atomic E-state index is 12.1. The molecule has 0 spiro atoms. The van der Waals surface area contributed by atoms with E-state index in [2.05, 4.69) is 20.8 Å². The molecular weight excluding hydrogens is 332 g/mol. The van der Waals surface area contributed by atoms with Crippen molar-refractivity contribution < 1.29 is 9.59 Å². The summed E-state index contributed by atoms with van der Waals surface area (Å²) in [6, 6.07) is 7.46. The third-order valence-electron chi connectivity index (χ3n) is 3.95. The number of amides is 1. The van der Waals surface area contributed by atoms with Crippen molar-refractivity contribution in [3.05, 3.63) is 34.3 Å². The van der Waals surface area contributed by atoms with Crippen molar-refractivity contribution in [1.82, 2.24) is 4.90 Å². The number of halogens is 1. The van der Waals surface area contributed by atoms with Crippen LogP contribution < -0.4 is 5.73 Å². The highest BCUT2D eigenvalue weighted by Crippen LogP contribution is 2.17. The molecule has 21 heavy (non-hydrogen) atoms. The number of nitrogens with zero attached hydrogens (tertiary/aromatic N) is 1. The molecule has 1 fully saturated rings. The molecule has 5 heteroatoms. The van der Waals surface area contributed by atoms with Crippen LogP contribution in [-0.2, 0) is 4.79 Å². The van der Waals surface area contributed by atoms with E-state index in [1.54, 1.807) is 0 Å². The summed E-state index contributed by atoms with van der Waals surface area (Å²) >= 11 is 3.36. The summed E-state index contributed by atoms with van der Waals surface area (Å²) in [5.74, 6) is -0.0578. The van der Waals surface area contributed by atoms with E-state index in [0.717, 1.165) is 48.9 Å². The molecular formula is C16H21BrN2O2. The van der Waals surface area contributed by atoms with Gasteiger partial charge in [0, 0.05) is 23.0 Å². The van der Waals surface area contributed by atoms with Crippen molar-refractivity contribution in [2.24, 2.45) is 11.7 Å². The van der Waals surface area contributed by atoms with E-state index in [1.807, 2.05) is 24.3 Å². The van der Waals surface area contributed by atoms with E-state index in [4.69, 9.17) is 5.73 Å². The molecule has 0 aliphatic carbocycles. The molecule has 1 aliphatic rings. The second-order valence-corrected chi connectivity index (χ2v) is 6.49. The molecule has 0 bridgehead atoms. The Labute approximate surface area is 133 Å². The van der Waals surface area contributed by atoms with Gasteiger partial charge in [-0.1, -0.05) is 28.1 Å². The monoisotopic (exact) mass is 352 g/mol. The molecule has 114 valence electrons. The van der Waals surface area contributed by atoms with Gasteiger partial charge in [0.25, 0.3) is 0 Å². The van der Waals surface area contributed by atoms with Crippen LogP contribution in [0.15, 0.2) is 28.7 Å². The van der Waals surface area contributed by atoms with Gasteiger partial charge < -0.3 is 10.6 Å². The highest BCUT2D eigenvalue weighted by molar-refractivity contribution is 9.10. The number of ketones is 1. The maximum Gasteiger partial charge on any atom is 0.221 e. The first-order chi connectivity index (χ1) is 10.1. The van der Waals surface area contributed by atoms with Crippen LogP contribution in [0.4, 0.5) is 0 Å². The summed E-state index contributed by atoms with van der Waals surface area (Å²) in [6.07, 6.45) is 3.26. The Kier molecular flexibility index (Phi) is 5.94. The number of primary amides is 1. The smallest absolute Gasteiger partial charge is 0.221 e. The summed E-state index contributed by atoms with van der Waals surface area (Å²) in [5.41, 5.74) is 6.13. The van der Waals surface area contributed by atoms with Gasteiger partial charge in [0.1, 0.15) is 0 Å². The minimum atomic E-state index is -0.203. The topological polar surface area (TPSA) is 63.4 Å². The zero-order chi connectivity index (χ0) is 15.2. The minimum Gasteiger partial charge on any atom is -0.369 e. The number of carbonyl (C=O) groups is 2. The molecule has 0 aromatic heterocycles. The van der Waals surface area contributed by atoms with E-state index in [0.29, 0.717) is 6.42 Å². The van der Waals surface area contributed by atoms with E-state index >= 15 is 0 Å². The average molecular weight is 353 g/mol. The predicted molar refractivity (Wildman–Crippen MR) is 86.1 cm³/mol. The molecule has 2 N–H and O–H groups in total. The lowest BCUT2D eigenvalue weighted by atomic mass is 9.97. The highest BCUT2D eigenvalue weighted by Gasteiger charge is 2.23. The lowest BCUT2D eigenvalue weighted by Crippen LogP contribution is -2.41. The normalized spacial score (nSPS) is 19.4. The van der Waals surface area contributed by atoms with Gasteiger partial charge in [-0.3, -0.25) is 9.59 Å². The summed E-state index contributed by atoms with van der Waals surface area (Å²) in [7, 11) is 0. The fraction of sp³-hybridized carbons (Fsp3) is 0.500. The van der Waals surface area contributed by atoms with Crippen molar-refractivity contribution >= 4 is 27.6 Å². The number of piperidine rings is 1. The van der Waals surface area contributed by atoms with E-state index in [-0.39, 0.29) is 17.6 Å². The first kappa shape index (κ1) is 16.2. The molecule has 2 rings (SSSR count). The van der Waals surface area contributed by atoms with Gasteiger partial charge in [-0.15, -0.1) is 0 Å². The van der Waals surface area contributed by atoms with Gasteiger partial charge in [0.05, 0.1) is 5.92 Å². The van der Waals surface area contributed by atoms with Crippen molar-refractivity contribution in [1.29, 1.82) is 0 Å². The quantitative estimate of drug-likeness (QED) is 0.800. The highest BCUT2D eigenvalue weighted by atomic mass is 79.9. The average Bonchev–Trinajstić information content (AvgIpc) is 2.48. The second kappa shape index (κ2) is 7.71. The van der Waals surface area contributed by atoms with Crippen molar-refractivity contribution in [3.8, 4) is 0 Å². The Morgan fingerprint density at radius 2 is 2.00 bits per heavy atom. The van der Waals surface area contributed by atoms with Crippen LogP contribution in [-0.4, -0.2) is 36.2 Å². The van der Waals surface area contributed by atoms with Gasteiger partial charge in [-0.2, -0.15) is 0 Å². The van der Waals surface area contributed by atoms with E-state index < -0.39 is 0 Å². The van der Waals surface area contributed by atoms with Crippen LogP contribution in [0.1, 0.15) is 36.0 Å². The van der Waals surface area contributed by atoms with Gasteiger partial charge in [-0.05, 0) is 44.5 Å². The summed E-state index contributed by atoms with van der Waals surface area (Å²) in [5, 5.41) is 0. The first-order valence-electron chi connectivity index (χ1n) is 7.36. The van der Waals surface area contributed by atoms with Crippen LogP contribution >= 0.6 is 15.9 Å². The molecule has 1 aromatic rings. The Morgan fingerprint density at radius 3 is 2.67 bits per heavy atom. The second-order valence-electron chi connectivity index (χ2n) is 5.58. The third kappa shape index (κ3) is 4.93. The lowest BCUT2D eigenvalue weighted by molar-refractivity contribution is -0.123.